The number of methoxy groups -OCH3 is 1. The van der Waals surface area contributed by atoms with Gasteiger partial charge in [0.2, 0.25) is 0 Å². The molecule has 18 heavy (non-hydrogen) atoms. The highest BCUT2D eigenvalue weighted by Gasteiger charge is 2.21. The Labute approximate surface area is 120 Å². The summed E-state index contributed by atoms with van der Waals surface area (Å²) in [6.45, 7) is 4.82. The maximum absolute atomic E-state index is 5.98. The summed E-state index contributed by atoms with van der Waals surface area (Å²) >= 11 is 9.47. The van der Waals surface area contributed by atoms with Crippen molar-refractivity contribution in [1.29, 1.82) is 0 Å². The molecule has 2 rings (SSSR count). The van der Waals surface area contributed by atoms with Gasteiger partial charge >= 0.3 is 0 Å². The van der Waals surface area contributed by atoms with Gasteiger partial charge in [-0.2, -0.15) is 0 Å². The summed E-state index contributed by atoms with van der Waals surface area (Å²) in [5, 5.41) is 0. The molecule has 0 saturated heterocycles. The Kier molecular flexibility index (Phi) is 3.99. The van der Waals surface area contributed by atoms with Crippen LogP contribution >= 0.6 is 27.5 Å². The van der Waals surface area contributed by atoms with Gasteiger partial charge in [0.1, 0.15) is 5.82 Å². The Bertz CT molecular complexity index is 565. The third-order valence-corrected chi connectivity index (χ3v) is 3.73. The van der Waals surface area contributed by atoms with Crippen LogP contribution in [-0.4, -0.2) is 22.3 Å². The number of hydrogen-bond acceptors (Lipinski definition) is 2. The molecule has 0 saturated carbocycles. The normalized spacial score (nSPS) is 12.3. The molecule has 0 spiro atoms. The van der Waals surface area contributed by atoms with Crippen LogP contribution in [0.15, 0.2) is 22.7 Å². The minimum atomic E-state index is -0.253. The number of imidazole rings is 1. The van der Waals surface area contributed by atoms with Crippen LogP contribution in [0.4, 0.5) is 0 Å². The third-order valence-electron chi connectivity index (χ3n) is 3.00. The maximum Gasteiger partial charge on any atom is 0.124 e. The van der Waals surface area contributed by atoms with Crippen LogP contribution in [0.1, 0.15) is 19.7 Å². The lowest BCUT2D eigenvalue weighted by Gasteiger charge is -2.24. The van der Waals surface area contributed by atoms with Gasteiger partial charge in [0.15, 0.2) is 0 Å². The number of hydrogen-bond donors (Lipinski definition) is 0. The number of benzene rings is 1. The molecule has 0 bridgehead atoms. The molecule has 0 aliphatic rings. The first-order valence-electron chi connectivity index (χ1n) is 5.72. The molecule has 0 aliphatic heterocycles. The third kappa shape index (κ3) is 2.71. The van der Waals surface area contributed by atoms with E-state index >= 15 is 0 Å². The number of fused-ring (bicyclic) bond motifs is 1. The van der Waals surface area contributed by atoms with Crippen LogP contribution in [-0.2, 0) is 17.2 Å². The molecule has 1 heterocycles. The summed E-state index contributed by atoms with van der Waals surface area (Å²) in [4.78, 5) is 4.55. The second-order valence-electron chi connectivity index (χ2n) is 4.84. The van der Waals surface area contributed by atoms with Crippen molar-refractivity contribution < 1.29 is 4.74 Å². The second-order valence-corrected chi connectivity index (χ2v) is 6.03. The highest BCUT2D eigenvalue weighted by Crippen LogP contribution is 2.24. The zero-order valence-corrected chi connectivity index (χ0v) is 13.0. The first-order chi connectivity index (χ1) is 8.46. The van der Waals surface area contributed by atoms with Crippen LogP contribution < -0.4 is 0 Å². The fourth-order valence-electron chi connectivity index (χ4n) is 1.87. The molecule has 1 aromatic carbocycles. The van der Waals surface area contributed by atoms with E-state index in [2.05, 4.69) is 45.4 Å². The van der Waals surface area contributed by atoms with Crippen molar-refractivity contribution in [2.45, 2.75) is 31.9 Å². The Balaban J connectivity index is 2.55. The summed E-state index contributed by atoms with van der Waals surface area (Å²) in [7, 11) is 1.72. The molecular weight excluding hydrogens is 316 g/mol. The topological polar surface area (TPSA) is 27.1 Å². The molecule has 0 aliphatic carbocycles. The zero-order valence-electron chi connectivity index (χ0n) is 10.7. The summed E-state index contributed by atoms with van der Waals surface area (Å²) in [6.07, 6.45) is 0. The molecule has 5 heteroatoms. The van der Waals surface area contributed by atoms with Crippen molar-refractivity contribution in [3.05, 3.63) is 28.5 Å². The molecule has 3 nitrogen and oxygen atoms in total. The minimum Gasteiger partial charge on any atom is -0.377 e. The molecular formula is C13H16BrClN2O. The molecule has 0 amide bonds. The van der Waals surface area contributed by atoms with Crippen LogP contribution in [0.25, 0.3) is 11.0 Å². The molecule has 0 fully saturated rings. The monoisotopic (exact) mass is 330 g/mol. The van der Waals surface area contributed by atoms with Gasteiger partial charge in [0.25, 0.3) is 0 Å². The standard InChI is InChI=1S/C13H16BrClN2O/c1-13(2,18-3)8-17-11-6-9(14)4-5-10(11)16-12(17)7-15/h4-6H,7-8H2,1-3H3. The van der Waals surface area contributed by atoms with Crippen molar-refractivity contribution in [3.8, 4) is 0 Å². The first-order valence-corrected chi connectivity index (χ1v) is 7.05. The van der Waals surface area contributed by atoms with E-state index in [1.165, 1.54) is 0 Å². The van der Waals surface area contributed by atoms with Gasteiger partial charge in [-0.05, 0) is 32.0 Å². The van der Waals surface area contributed by atoms with Gasteiger partial charge in [-0.1, -0.05) is 15.9 Å². The SMILES string of the molecule is COC(C)(C)Cn1c(CCl)nc2ccc(Br)cc21. The number of halogens is 2. The van der Waals surface area contributed by atoms with Gasteiger partial charge in [-0.3, -0.25) is 0 Å². The van der Waals surface area contributed by atoms with E-state index in [9.17, 15) is 0 Å². The second kappa shape index (κ2) is 5.19. The highest BCUT2D eigenvalue weighted by molar-refractivity contribution is 9.10. The van der Waals surface area contributed by atoms with Crippen molar-refractivity contribution in [3.63, 3.8) is 0 Å². The molecule has 0 radical (unpaired) electrons. The van der Waals surface area contributed by atoms with E-state index < -0.39 is 0 Å². The van der Waals surface area contributed by atoms with Gasteiger partial charge in [0.05, 0.1) is 29.1 Å². The van der Waals surface area contributed by atoms with Crippen molar-refractivity contribution in [2.75, 3.05) is 7.11 Å². The number of alkyl halides is 1. The Hall–Kier alpha value is -0.580. The predicted molar refractivity (Wildman–Crippen MR) is 78.1 cm³/mol. The average Bonchev–Trinajstić information content (AvgIpc) is 2.67. The summed E-state index contributed by atoms with van der Waals surface area (Å²) in [5.74, 6) is 1.27. The van der Waals surface area contributed by atoms with E-state index in [1.54, 1.807) is 7.11 Å². The van der Waals surface area contributed by atoms with Crippen LogP contribution in [0.5, 0.6) is 0 Å². The van der Waals surface area contributed by atoms with E-state index in [1.807, 2.05) is 12.1 Å². The lowest BCUT2D eigenvalue weighted by atomic mass is 10.1. The predicted octanol–water partition coefficient (Wildman–Crippen LogP) is 3.96. The first kappa shape index (κ1) is 13.8. The molecule has 1 aromatic heterocycles. The average molecular weight is 332 g/mol. The van der Waals surface area contributed by atoms with Crippen LogP contribution in [0.3, 0.4) is 0 Å². The smallest absolute Gasteiger partial charge is 0.124 e. The number of rotatable bonds is 4. The van der Waals surface area contributed by atoms with Gasteiger partial charge in [-0.25, -0.2) is 4.98 Å². The highest BCUT2D eigenvalue weighted by atomic mass is 79.9. The molecule has 2 aromatic rings. The van der Waals surface area contributed by atoms with Crippen LogP contribution in [0.2, 0.25) is 0 Å². The lowest BCUT2D eigenvalue weighted by Crippen LogP contribution is -2.29. The number of aromatic nitrogens is 2. The molecule has 0 N–H and O–H groups in total. The molecule has 0 unspecified atom stereocenters. The van der Waals surface area contributed by atoms with Crippen molar-refractivity contribution in [2.24, 2.45) is 0 Å². The lowest BCUT2D eigenvalue weighted by molar-refractivity contribution is 0.00854. The zero-order chi connectivity index (χ0) is 13.3. The molecule has 98 valence electrons. The molecule has 0 atom stereocenters. The minimum absolute atomic E-state index is 0.253. The van der Waals surface area contributed by atoms with Gasteiger partial charge < -0.3 is 9.30 Å². The fourth-order valence-corrected chi connectivity index (χ4v) is 2.42. The van der Waals surface area contributed by atoms with E-state index in [4.69, 9.17) is 16.3 Å². The fraction of sp³-hybridized carbons (Fsp3) is 0.462. The Morgan fingerprint density at radius 2 is 2.17 bits per heavy atom. The quantitative estimate of drug-likeness (QED) is 0.793. The maximum atomic E-state index is 5.98. The van der Waals surface area contributed by atoms with Gasteiger partial charge in [-0.15, -0.1) is 11.6 Å². The van der Waals surface area contributed by atoms with E-state index in [-0.39, 0.29) is 5.60 Å². The Morgan fingerprint density at radius 1 is 1.44 bits per heavy atom. The summed E-state index contributed by atoms with van der Waals surface area (Å²) in [6, 6.07) is 6.04. The summed E-state index contributed by atoms with van der Waals surface area (Å²) in [5.41, 5.74) is 1.78. The largest absolute Gasteiger partial charge is 0.377 e. The van der Waals surface area contributed by atoms with Crippen molar-refractivity contribution in [1.82, 2.24) is 9.55 Å². The van der Waals surface area contributed by atoms with Crippen molar-refractivity contribution >= 4 is 38.6 Å². The Morgan fingerprint density at radius 3 is 2.78 bits per heavy atom. The van der Waals surface area contributed by atoms with Crippen LogP contribution in [0, 0.1) is 0 Å². The number of ether oxygens (including phenoxy) is 1. The van der Waals surface area contributed by atoms with E-state index in [0.717, 1.165) is 27.9 Å². The number of nitrogens with zero attached hydrogens (tertiary/aromatic N) is 2. The van der Waals surface area contributed by atoms with E-state index in [0.29, 0.717) is 5.88 Å². The van der Waals surface area contributed by atoms with Gasteiger partial charge in [0, 0.05) is 11.6 Å². The summed E-state index contributed by atoms with van der Waals surface area (Å²) < 4.78 is 8.64.